The lowest BCUT2D eigenvalue weighted by Gasteiger charge is -2.22. The third-order valence-electron chi connectivity index (χ3n) is 3.82. The molecule has 0 bridgehead atoms. The molecule has 2 aliphatic rings. The Hall–Kier alpha value is -1.02. The van der Waals surface area contributed by atoms with E-state index in [0.29, 0.717) is 5.75 Å². The largest absolute Gasteiger partial charge is 0.508 e. The Bertz CT molecular complexity index is 369. The van der Waals surface area contributed by atoms with Crippen molar-refractivity contribution in [2.45, 2.75) is 44.8 Å². The normalized spacial score (nSPS) is 22.1. The van der Waals surface area contributed by atoms with Crippen LogP contribution in [0.25, 0.3) is 0 Å². The number of hydrogen-bond donors (Lipinski definition) is 1. The van der Waals surface area contributed by atoms with E-state index in [1.165, 1.54) is 31.2 Å². The molecule has 1 aromatic rings. The van der Waals surface area contributed by atoms with E-state index >= 15 is 0 Å². The molecule has 3 rings (SSSR count). The first-order chi connectivity index (χ1) is 7.34. The first-order valence-corrected chi connectivity index (χ1v) is 5.88. The van der Waals surface area contributed by atoms with Gasteiger partial charge in [-0.2, -0.15) is 0 Å². The zero-order valence-corrected chi connectivity index (χ0v) is 8.95. The summed E-state index contributed by atoms with van der Waals surface area (Å²) in [6, 6.07) is 6.66. The van der Waals surface area contributed by atoms with Gasteiger partial charge >= 0.3 is 0 Å². The SMILES string of the molecule is Oc1cccc2c1CN(C1CCCC1)C2. The zero-order valence-electron chi connectivity index (χ0n) is 8.95. The number of phenolic OH excluding ortho intramolecular Hbond substituents is 1. The van der Waals surface area contributed by atoms with Crippen LogP contribution in [0.2, 0.25) is 0 Å². The van der Waals surface area contributed by atoms with Gasteiger partial charge in [0, 0.05) is 24.7 Å². The molecule has 0 spiro atoms. The predicted octanol–water partition coefficient (Wildman–Crippen LogP) is 2.65. The summed E-state index contributed by atoms with van der Waals surface area (Å²) in [5.41, 5.74) is 2.48. The standard InChI is InChI=1S/C13H17NO/c15-13-7-3-4-10-8-14(9-12(10)13)11-5-1-2-6-11/h3-4,7,11,15H,1-2,5-6,8-9H2. The Labute approximate surface area is 90.5 Å². The van der Waals surface area contributed by atoms with Gasteiger partial charge in [0.1, 0.15) is 5.75 Å². The second-order valence-electron chi connectivity index (χ2n) is 4.76. The molecule has 0 atom stereocenters. The van der Waals surface area contributed by atoms with Crippen LogP contribution in [0.4, 0.5) is 0 Å². The van der Waals surface area contributed by atoms with E-state index in [9.17, 15) is 5.11 Å². The first kappa shape index (κ1) is 9.22. The van der Waals surface area contributed by atoms with Crippen LogP contribution in [0.15, 0.2) is 18.2 Å². The van der Waals surface area contributed by atoms with Crippen molar-refractivity contribution < 1.29 is 5.11 Å². The van der Waals surface area contributed by atoms with E-state index in [1.807, 2.05) is 6.07 Å². The van der Waals surface area contributed by atoms with Crippen molar-refractivity contribution in [3.63, 3.8) is 0 Å². The minimum Gasteiger partial charge on any atom is -0.508 e. The summed E-state index contributed by atoms with van der Waals surface area (Å²) in [7, 11) is 0. The quantitative estimate of drug-likeness (QED) is 0.758. The molecular formula is C13H17NO. The minimum absolute atomic E-state index is 0.480. The monoisotopic (exact) mass is 203 g/mol. The molecule has 0 unspecified atom stereocenters. The maximum absolute atomic E-state index is 9.77. The van der Waals surface area contributed by atoms with Crippen molar-refractivity contribution in [1.82, 2.24) is 4.90 Å². The number of hydrogen-bond acceptors (Lipinski definition) is 2. The van der Waals surface area contributed by atoms with E-state index in [0.717, 1.165) is 24.7 Å². The van der Waals surface area contributed by atoms with Crippen molar-refractivity contribution in [3.8, 4) is 5.75 Å². The van der Waals surface area contributed by atoms with Gasteiger partial charge in [-0.3, -0.25) is 4.90 Å². The topological polar surface area (TPSA) is 23.5 Å². The molecule has 1 aliphatic heterocycles. The van der Waals surface area contributed by atoms with Crippen molar-refractivity contribution in [2.24, 2.45) is 0 Å². The summed E-state index contributed by atoms with van der Waals surface area (Å²) in [6.07, 6.45) is 5.44. The second-order valence-corrected chi connectivity index (χ2v) is 4.76. The van der Waals surface area contributed by atoms with Crippen molar-refractivity contribution >= 4 is 0 Å². The van der Waals surface area contributed by atoms with Crippen LogP contribution in [0.1, 0.15) is 36.8 Å². The zero-order chi connectivity index (χ0) is 10.3. The molecule has 15 heavy (non-hydrogen) atoms. The molecule has 2 nitrogen and oxygen atoms in total. The Balaban J connectivity index is 1.82. The molecule has 2 heteroatoms. The molecule has 1 saturated carbocycles. The lowest BCUT2D eigenvalue weighted by molar-refractivity contribution is 0.201. The van der Waals surface area contributed by atoms with Gasteiger partial charge in [-0.15, -0.1) is 0 Å². The Morgan fingerprint density at radius 3 is 2.67 bits per heavy atom. The summed E-state index contributed by atoms with van der Waals surface area (Å²) < 4.78 is 0. The summed E-state index contributed by atoms with van der Waals surface area (Å²) in [6.45, 7) is 1.99. The molecular weight excluding hydrogens is 186 g/mol. The van der Waals surface area contributed by atoms with E-state index in [4.69, 9.17) is 0 Å². The van der Waals surface area contributed by atoms with Gasteiger partial charge in [-0.05, 0) is 24.5 Å². The fourth-order valence-electron chi connectivity index (χ4n) is 2.96. The third-order valence-corrected chi connectivity index (χ3v) is 3.82. The number of rotatable bonds is 1. The molecule has 1 N–H and O–H groups in total. The van der Waals surface area contributed by atoms with Gasteiger partial charge in [-0.25, -0.2) is 0 Å². The van der Waals surface area contributed by atoms with Crippen LogP contribution in [-0.2, 0) is 13.1 Å². The Morgan fingerprint density at radius 2 is 1.93 bits per heavy atom. The molecule has 1 aromatic carbocycles. The van der Waals surface area contributed by atoms with Crippen molar-refractivity contribution in [2.75, 3.05) is 0 Å². The molecule has 1 heterocycles. The van der Waals surface area contributed by atoms with Gasteiger partial charge in [0.25, 0.3) is 0 Å². The number of nitrogens with zero attached hydrogens (tertiary/aromatic N) is 1. The molecule has 0 amide bonds. The average Bonchev–Trinajstić information content (AvgIpc) is 2.86. The first-order valence-electron chi connectivity index (χ1n) is 5.88. The fourth-order valence-corrected chi connectivity index (χ4v) is 2.96. The molecule has 0 radical (unpaired) electrons. The number of aromatic hydroxyl groups is 1. The number of benzene rings is 1. The van der Waals surface area contributed by atoms with E-state index in [1.54, 1.807) is 6.07 Å². The van der Waals surface area contributed by atoms with Crippen LogP contribution < -0.4 is 0 Å². The third kappa shape index (κ3) is 1.53. The van der Waals surface area contributed by atoms with Gasteiger partial charge in [0.2, 0.25) is 0 Å². The summed E-state index contributed by atoms with van der Waals surface area (Å²) in [5.74, 6) is 0.480. The van der Waals surface area contributed by atoms with Crippen LogP contribution in [0.3, 0.4) is 0 Å². The van der Waals surface area contributed by atoms with Crippen LogP contribution >= 0.6 is 0 Å². The highest BCUT2D eigenvalue weighted by atomic mass is 16.3. The highest BCUT2D eigenvalue weighted by molar-refractivity contribution is 5.41. The molecule has 0 aromatic heterocycles. The highest BCUT2D eigenvalue weighted by Gasteiger charge is 2.28. The fraction of sp³-hybridized carbons (Fsp3) is 0.538. The minimum atomic E-state index is 0.480. The lowest BCUT2D eigenvalue weighted by Crippen LogP contribution is -2.27. The van der Waals surface area contributed by atoms with Crippen molar-refractivity contribution in [1.29, 1.82) is 0 Å². The number of phenols is 1. The van der Waals surface area contributed by atoms with Crippen molar-refractivity contribution in [3.05, 3.63) is 29.3 Å². The van der Waals surface area contributed by atoms with Gasteiger partial charge in [-0.1, -0.05) is 25.0 Å². The highest BCUT2D eigenvalue weighted by Crippen LogP contribution is 2.34. The Kier molecular flexibility index (Phi) is 2.17. The molecule has 1 fully saturated rings. The van der Waals surface area contributed by atoms with E-state index < -0.39 is 0 Å². The average molecular weight is 203 g/mol. The summed E-state index contributed by atoms with van der Waals surface area (Å²) >= 11 is 0. The Morgan fingerprint density at radius 1 is 1.13 bits per heavy atom. The summed E-state index contributed by atoms with van der Waals surface area (Å²) in [4.78, 5) is 2.53. The second kappa shape index (κ2) is 3.53. The maximum atomic E-state index is 9.77. The molecule has 1 aliphatic carbocycles. The molecule has 80 valence electrons. The predicted molar refractivity (Wildman–Crippen MR) is 59.6 cm³/mol. The van der Waals surface area contributed by atoms with Crippen LogP contribution in [0.5, 0.6) is 5.75 Å². The summed E-state index contributed by atoms with van der Waals surface area (Å²) in [5, 5.41) is 9.77. The van der Waals surface area contributed by atoms with Gasteiger partial charge in [0.15, 0.2) is 0 Å². The van der Waals surface area contributed by atoms with Gasteiger partial charge in [0.05, 0.1) is 0 Å². The van der Waals surface area contributed by atoms with Crippen LogP contribution in [0, 0.1) is 0 Å². The molecule has 0 saturated heterocycles. The number of fused-ring (bicyclic) bond motifs is 1. The maximum Gasteiger partial charge on any atom is 0.120 e. The van der Waals surface area contributed by atoms with E-state index in [-0.39, 0.29) is 0 Å². The lowest BCUT2D eigenvalue weighted by atomic mass is 10.1. The van der Waals surface area contributed by atoms with E-state index in [2.05, 4.69) is 11.0 Å². The van der Waals surface area contributed by atoms with Crippen LogP contribution in [-0.4, -0.2) is 16.0 Å². The van der Waals surface area contributed by atoms with Gasteiger partial charge < -0.3 is 5.11 Å². The smallest absolute Gasteiger partial charge is 0.120 e.